The van der Waals surface area contributed by atoms with E-state index in [0.29, 0.717) is 0 Å². The summed E-state index contributed by atoms with van der Waals surface area (Å²) in [6.07, 6.45) is 2.01. The molecule has 0 aromatic heterocycles. The minimum Gasteiger partial charge on any atom is -0.480 e. The molecule has 0 aliphatic carbocycles. The first kappa shape index (κ1) is 15.5. The molecule has 0 bridgehead atoms. The normalized spacial score (nSPS) is 18.2. The molecule has 0 saturated heterocycles. The highest BCUT2D eigenvalue weighted by Gasteiger charge is 2.40. The summed E-state index contributed by atoms with van der Waals surface area (Å²) in [6.45, 7) is 9.69. The van der Waals surface area contributed by atoms with E-state index < -0.39 is 17.6 Å². The molecule has 0 unspecified atom stereocenters. The number of carboxylic acid groups (broad SMARTS) is 1. The summed E-state index contributed by atoms with van der Waals surface area (Å²) in [5.74, 6) is -1.23. The van der Waals surface area contributed by atoms with Gasteiger partial charge in [-0.05, 0) is 50.5 Å². The van der Waals surface area contributed by atoms with Crippen LogP contribution in [0, 0.1) is 11.7 Å². The summed E-state index contributed by atoms with van der Waals surface area (Å²) in [5, 5.41) is 9.64. The summed E-state index contributed by atoms with van der Waals surface area (Å²) >= 11 is 0. The smallest absolute Gasteiger partial charge is 0.326 e. The van der Waals surface area contributed by atoms with E-state index in [0.717, 1.165) is 16.8 Å². The average molecular weight is 291 g/mol. The van der Waals surface area contributed by atoms with E-state index in [1.807, 2.05) is 45.6 Å². The maximum Gasteiger partial charge on any atom is 0.326 e. The Morgan fingerprint density at radius 2 is 1.95 bits per heavy atom. The third-order valence-corrected chi connectivity index (χ3v) is 4.00. The van der Waals surface area contributed by atoms with Gasteiger partial charge in [0.25, 0.3) is 0 Å². The Hall–Kier alpha value is -1.84. The van der Waals surface area contributed by atoms with E-state index in [9.17, 15) is 14.3 Å². The molecule has 0 fully saturated rings. The van der Waals surface area contributed by atoms with Gasteiger partial charge in [0.05, 0.1) is 5.54 Å². The van der Waals surface area contributed by atoms with Crippen LogP contribution in [0.25, 0.3) is 5.57 Å². The third kappa shape index (κ3) is 2.67. The highest BCUT2D eigenvalue weighted by atomic mass is 19.1. The van der Waals surface area contributed by atoms with Crippen LogP contribution in [0.15, 0.2) is 24.3 Å². The van der Waals surface area contributed by atoms with Crippen LogP contribution < -0.4 is 4.90 Å². The van der Waals surface area contributed by atoms with Crippen molar-refractivity contribution in [1.82, 2.24) is 0 Å². The minimum absolute atomic E-state index is 0.0634. The van der Waals surface area contributed by atoms with Crippen molar-refractivity contribution < 1.29 is 14.3 Å². The Kier molecular flexibility index (Phi) is 3.83. The van der Waals surface area contributed by atoms with Crippen molar-refractivity contribution in [2.45, 2.75) is 46.2 Å². The topological polar surface area (TPSA) is 40.5 Å². The van der Waals surface area contributed by atoms with Crippen LogP contribution in [0.3, 0.4) is 0 Å². The van der Waals surface area contributed by atoms with Crippen molar-refractivity contribution in [2.24, 2.45) is 5.92 Å². The molecule has 21 heavy (non-hydrogen) atoms. The van der Waals surface area contributed by atoms with Crippen molar-refractivity contribution in [3.05, 3.63) is 35.7 Å². The van der Waals surface area contributed by atoms with Crippen molar-refractivity contribution in [1.29, 1.82) is 0 Å². The molecule has 2 rings (SSSR count). The van der Waals surface area contributed by atoms with Gasteiger partial charge in [-0.1, -0.05) is 19.9 Å². The summed E-state index contributed by atoms with van der Waals surface area (Å²) in [6, 6.07) is 3.89. The minimum atomic E-state index is -0.860. The molecule has 0 radical (unpaired) electrons. The number of benzene rings is 1. The SMILES string of the molecule is CC1=CC(C)(C)N([C@@H](C(=O)O)C(C)C)c2ccc(F)cc21. The molecule has 1 aromatic carbocycles. The standard InChI is InChI=1S/C17H22FNO2/c1-10(2)15(16(20)21)19-14-7-6-12(18)8-13(14)11(3)9-17(19,4)5/h6-10,15H,1-5H3,(H,20,21)/t15-/m1/s1. The van der Waals surface area contributed by atoms with E-state index in [4.69, 9.17) is 0 Å². The molecule has 1 N–H and O–H groups in total. The summed E-state index contributed by atoms with van der Waals surface area (Å²) in [7, 11) is 0. The molecule has 0 spiro atoms. The van der Waals surface area contributed by atoms with E-state index in [1.165, 1.54) is 12.1 Å². The van der Waals surface area contributed by atoms with Gasteiger partial charge in [-0.15, -0.1) is 0 Å². The molecule has 1 aliphatic rings. The monoisotopic (exact) mass is 291 g/mol. The lowest BCUT2D eigenvalue weighted by Gasteiger charge is -2.47. The van der Waals surface area contributed by atoms with Gasteiger partial charge >= 0.3 is 5.97 Å². The largest absolute Gasteiger partial charge is 0.480 e. The Balaban J connectivity index is 2.67. The molecule has 1 heterocycles. The molecule has 114 valence electrons. The number of aliphatic carboxylic acids is 1. The molecule has 0 amide bonds. The molecular weight excluding hydrogens is 269 g/mol. The van der Waals surface area contributed by atoms with Crippen LogP contribution in [-0.2, 0) is 4.79 Å². The quantitative estimate of drug-likeness (QED) is 0.917. The highest BCUT2D eigenvalue weighted by molar-refractivity contribution is 5.87. The van der Waals surface area contributed by atoms with Crippen molar-refractivity contribution in [3.63, 3.8) is 0 Å². The van der Waals surface area contributed by atoms with Gasteiger partial charge in [-0.25, -0.2) is 9.18 Å². The molecule has 1 atom stereocenters. The number of nitrogens with zero attached hydrogens (tertiary/aromatic N) is 1. The lowest BCUT2D eigenvalue weighted by atomic mass is 9.85. The van der Waals surface area contributed by atoms with Crippen LogP contribution in [0.1, 0.15) is 40.2 Å². The zero-order chi connectivity index (χ0) is 15.9. The first-order chi connectivity index (χ1) is 9.65. The average Bonchev–Trinajstić information content (AvgIpc) is 2.33. The van der Waals surface area contributed by atoms with Gasteiger partial charge in [0, 0.05) is 11.3 Å². The number of rotatable bonds is 3. The lowest BCUT2D eigenvalue weighted by Crippen LogP contribution is -2.56. The lowest BCUT2D eigenvalue weighted by molar-refractivity contribution is -0.140. The second kappa shape index (κ2) is 5.17. The van der Waals surface area contributed by atoms with Crippen LogP contribution >= 0.6 is 0 Å². The van der Waals surface area contributed by atoms with Crippen molar-refractivity contribution in [2.75, 3.05) is 4.90 Å². The first-order valence-corrected chi connectivity index (χ1v) is 7.16. The van der Waals surface area contributed by atoms with Crippen molar-refractivity contribution in [3.8, 4) is 0 Å². The van der Waals surface area contributed by atoms with Crippen LogP contribution in [-0.4, -0.2) is 22.7 Å². The number of anilines is 1. The van der Waals surface area contributed by atoms with Gasteiger partial charge in [0.1, 0.15) is 11.9 Å². The van der Waals surface area contributed by atoms with E-state index in [2.05, 4.69) is 0 Å². The fraction of sp³-hybridized carbons (Fsp3) is 0.471. The molecule has 4 heteroatoms. The second-order valence-corrected chi connectivity index (χ2v) is 6.54. The number of hydrogen-bond donors (Lipinski definition) is 1. The maximum absolute atomic E-state index is 13.5. The van der Waals surface area contributed by atoms with Gasteiger partial charge in [0.15, 0.2) is 0 Å². The van der Waals surface area contributed by atoms with Crippen molar-refractivity contribution >= 4 is 17.2 Å². The van der Waals surface area contributed by atoms with Gasteiger partial charge in [0.2, 0.25) is 0 Å². The van der Waals surface area contributed by atoms with Gasteiger partial charge < -0.3 is 10.0 Å². The Labute approximate surface area is 125 Å². The van der Waals surface area contributed by atoms with Gasteiger partial charge in [-0.2, -0.15) is 0 Å². The van der Waals surface area contributed by atoms with E-state index >= 15 is 0 Å². The molecule has 0 saturated carbocycles. The second-order valence-electron chi connectivity index (χ2n) is 6.54. The molecular formula is C17H22FNO2. The Morgan fingerprint density at radius 1 is 1.33 bits per heavy atom. The van der Waals surface area contributed by atoms with E-state index in [1.54, 1.807) is 6.07 Å². The number of fused-ring (bicyclic) bond motifs is 1. The number of carboxylic acids is 1. The number of hydrogen-bond acceptors (Lipinski definition) is 2. The first-order valence-electron chi connectivity index (χ1n) is 7.16. The zero-order valence-electron chi connectivity index (χ0n) is 13.1. The maximum atomic E-state index is 13.5. The fourth-order valence-electron chi connectivity index (χ4n) is 3.22. The number of carbonyl (C=O) groups is 1. The van der Waals surface area contributed by atoms with Crippen LogP contribution in [0.2, 0.25) is 0 Å². The molecule has 1 aliphatic heterocycles. The highest BCUT2D eigenvalue weighted by Crippen LogP contribution is 2.41. The zero-order valence-corrected chi connectivity index (χ0v) is 13.1. The summed E-state index contributed by atoms with van der Waals surface area (Å²) < 4.78 is 13.5. The predicted molar refractivity (Wildman–Crippen MR) is 82.9 cm³/mol. The van der Waals surface area contributed by atoms with Gasteiger partial charge in [-0.3, -0.25) is 0 Å². The summed E-state index contributed by atoms with van der Waals surface area (Å²) in [4.78, 5) is 13.6. The molecule has 1 aromatic rings. The van der Waals surface area contributed by atoms with E-state index in [-0.39, 0.29) is 11.7 Å². The predicted octanol–water partition coefficient (Wildman–Crippen LogP) is 3.94. The molecule has 3 nitrogen and oxygen atoms in total. The third-order valence-electron chi connectivity index (χ3n) is 4.00. The summed E-state index contributed by atoms with van der Waals surface area (Å²) in [5.41, 5.74) is 2.07. The van der Waals surface area contributed by atoms with Crippen LogP contribution in [0.5, 0.6) is 0 Å². The Morgan fingerprint density at radius 3 is 2.48 bits per heavy atom. The number of allylic oxidation sites excluding steroid dienone is 1. The fourth-order valence-corrected chi connectivity index (χ4v) is 3.22. The number of halogens is 1. The van der Waals surface area contributed by atoms with Crippen LogP contribution in [0.4, 0.5) is 10.1 Å². The Bertz CT molecular complexity index is 605.